The van der Waals surface area contributed by atoms with Gasteiger partial charge < -0.3 is 15.5 Å². The van der Waals surface area contributed by atoms with Gasteiger partial charge in [-0.15, -0.1) is 0 Å². The summed E-state index contributed by atoms with van der Waals surface area (Å²) in [5, 5.41) is 21.0. The number of imide groups is 1. The molecule has 1 aliphatic heterocycles. The highest BCUT2D eigenvalue weighted by Gasteiger charge is 2.36. The molecule has 0 aliphatic carbocycles. The van der Waals surface area contributed by atoms with Gasteiger partial charge in [-0.1, -0.05) is 18.2 Å². The van der Waals surface area contributed by atoms with Crippen molar-refractivity contribution in [3.63, 3.8) is 0 Å². The molecule has 2 aromatic carbocycles. The van der Waals surface area contributed by atoms with Gasteiger partial charge in [0, 0.05) is 0 Å². The quantitative estimate of drug-likeness (QED) is 0.548. The zero-order valence-electron chi connectivity index (χ0n) is 13.4. The minimum absolute atomic E-state index is 0.00496. The van der Waals surface area contributed by atoms with Gasteiger partial charge in [0.1, 0.15) is 12.3 Å². The van der Waals surface area contributed by atoms with Crippen molar-refractivity contribution in [2.45, 2.75) is 6.42 Å². The third-order valence-electron chi connectivity index (χ3n) is 3.87. The number of carboxylic acids is 1. The lowest BCUT2D eigenvalue weighted by Gasteiger charge is -2.14. The number of nitrogens with zero attached hydrogens (tertiary/aromatic N) is 1. The maximum atomic E-state index is 12.2. The summed E-state index contributed by atoms with van der Waals surface area (Å²) in [6.45, 7) is -0.519. The molecule has 0 aromatic heterocycles. The Morgan fingerprint density at radius 1 is 1.00 bits per heavy atom. The first-order chi connectivity index (χ1) is 12.4. The van der Waals surface area contributed by atoms with E-state index < -0.39 is 30.2 Å². The number of phenolic OH excluding ortho intramolecular Hbond substituents is 1. The Morgan fingerprint density at radius 3 is 2.19 bits per heavy atom. The molecule has 26 heavy (non-hydrogen) atoms. The number of benzene rings is 2. The molecule has 3 rings (SSSR count). The number of hydrogen-bond donors (Lipinski definition) is 3. The number of phenols is 1. The van der Waals surface area contributed by atoms with Crippen molar-refractivity contribution < 1.29 is 29.4 Å². The fourth-order valence-electron chi connectivity index (χ4n) is 2.68. The van der Waals surface area contributed by atoms with Crippen LogP contribution in [-0.4, -0.2) is 45.3 Å². The van der Waals surface area contributed by atoms with Crippen LogP contribution >= 0.6 is 0 Å². The summed E-state index contributed by atoms with van der Waals surface area (Å²) < 4.78 is 0. The van der Waals surface area contributed by atoms with Gasteiger partial charge in [0.25, 0.3) is 11.8 Å². The van der Waals surface area contributed by atoms with Crippen molar-refractivity contribution in [3.8, 4) is 5.75 Å². The van der Waals surface area contributed by atoms with Gasteiger partial charge in [-0.05, 0) is 29.8 Å². The smallest absolute Gasteiger partial charge is 0.307 e. The summed E-state index contributed by atoms with van der Waals surface area (Å²) in [4.78, 5) is 48.3. The zero-order chi connectivity index (χ0) is 18.8. The summed E-state index contributed by atoms with van der Waals surface area (Å²) >= 11 is 0. The predicted octanol–water partition coefficient (Wildman–Crippen LogP) is 1.25. The Labute approximate surface area is 147 Å². The zero-order valence-corrected chi connectivity index (χ0v) is 13.4. The number of hydrogen-bond acceptors (Lipinski definition) is 5. The third-order valence-corrected chi connectivity index (χ3v) is 3.87. The third kappa shape index (κ3) is 3.25. The second-order valence-electron chi connectivity index (χ2n) is 5.71. The molecule has 2 aromatic rings. The standard InChI is InChI=1S/C18H14N2O6/c21-14-6-5-10(8-16(23)24)7-13(14)19-15(22)9-20-17(25)11-3-1-2-4-12(11)18(20)26/h1-7,21H,8-9H2,(H,19,22)(H,23,24). The van der Waals surface area contributed by atoms with Gasteiger partial charge in [-0.3, -0.25) is 24.1 Å². The van der Waals surface area contributed by atoms with Crippen LogP contribution in [0.25, 0.3) is 0 Å². The van der Waals surface area contributed by atoms with Crippen molar-refractivity contribution in [2.75, 3.05) is 11.9 Å². The van der Waals surface area contributed by atoms with E-state index >= 15 is 0 Å². The number of carbonyl (C=O) groups excluding carboxylic acids is 3. The number of aliphatic carboxylic acids is 1. The van der Waals surface area contributed by atoms with Gasteiger partial charge in [-0.2, -0.15) is 0 Å². The molecule has 0 spiro atoms. The minimum Gasteiger partial charge on any atom is -0.506 e. The molecule has 1 aliphatic rings. The van der Waals surface area contributed by atoms with Crippen molar-refractivity contribution in [1.29, 1.82) is 0 Å². The van der Waals surface area contributed by atoms with Gasteiger partial charge in [0.05, 0.1) is 23.2 Å². The van der Waals surface area contributed by atoms with E-state index in [1.54, 1.807) is 12.1 Å². The SMILES string of the molecule is O=C(O)Cc1ccc(O)c(NC(=O)CN2C(=O)c3ccccc3C2=O)c1. The minimum atomic E-state index is -1.06. The Balaban J connectivity index is 1.73. The molecule has 1 heterocycles. The Bertz CT molecular complexity index is 902. The van der Waals surface area contributed by atoms with Gasteiger partial charge in [-0.25, -0.2) is 0 Å². The van der Waals surface area contributed by atoms with Crippen molar-refractivity contribution >= 4 is 29.4 Å². The Hall–Kier alpha value is -3.68. The highest BCUT2D eigenvalue weighted by atomic mass is 16.4. The van der Waals surface area contributed by atoms with E-state index in [9.17, 15) is 24.3 Å². The molecule has 0 saturated heterocycles. The maximum absolute atomic E-state index is 12.2. The van der Waals surface area contributed by atoms with Crippen LogP contribution < -0.4 is 5.32 Å². The largest absolute Gasteiger partial charge is 0.506 e. The average molecular weight is 354 g/mol. The van der Waals surface area contributed by atoms with Crippen molar-refractivity contribution in [3.05, 3.63) is 59.2 Å². The van der Waals surface area contributed by atoms with Crippen molar-refractivity contribution in [2.24, 2.45) is 0 Å². The number of carbonyl (C=O) groups is 4. The van der Waals surface area contributed by atoms with E-state index in [2.05, 4.69) is 5.32 Å². The number of nitrogens with one attached hydrogen (secondary N) is 1. The van der Waals surface area contributed by atoms with Crippen LogP contribution in [0.15, 0.2) is 42.5 Å². The summed E-state index contributed by atoms with van der Waals surface area (Å²) in [6, 6.07) is 10.3. The molecule has 0 fully saturated rings. The molecule has 0 bridgehead atoms. The molecule has 3 N–H and O–H groups in total. The predicted molar refractivity (Wildman–Crippen MR) is 89.9 cm³/mol. The first kappa shape index (κ1) is 17.2. The Kier molecular flexibility index (Phi) is 4.40. The number of fused-ring (bicyclic) bond motifs is 1. The molecular weight excluding hydrogens is 340 g/mol. The number of rotatable bonds is 5. The molecule has 8 heteroatoms. The second-order valence-corrected chi connectivity index (χ2v) is 5.71. The summed E-state index contributed by atoms with van der Waals surface area (Å²) in [5.41, 5.74) is 0.852. The van der Waals surface area contributed by atoms with Crippen LogP contribution in [0, 0.1) is 0 Å². The van der Waals surface area contributed by atoms with Gasteiger partial charge in [0.15, 0.2) is 0 Å². The van der Waals surface area contributed by atoms with Crippen LogP contribution in [0.5, 0.6) is 5.75 Å². The van der Waals surface area contributed by atoms with Crippen LogP contribution in [0.1, 0.15) is 26.3 Å². The van der Waals surface area contributed by atoms with Crippen LogP contribution in [0.3, 0.4) is 0 Å². The molecule has 3 amide bonds. The van der Waals surface area contributed by atoms with E-state index in [1.165, 1.54) is 30.3 Å². The molecule has 0 atom stereocenters. The summed E-state index contributed by atoms with van der Waals surface area (Å²) in [7, 11) is 0. The molecular formula is C18H14N2O6. The lowest BCUT2D eigenvalue weighted by atomic mass is 10.1. The Morgan fingerprint density at radius 2 is 1.62 bits per heavy atom. The van der Waals surface area contributed by atoms with E-state index in [0.717, 1.165) is 4.90 Å². The van der Waals surface area contributed by atoms with E-state index in [-0.39, 0.29) is 29.0 Å². The highest BCUT2D eigenvalue weighted by Crippen LogP contribution is 2.25. The normalized spacial score (nSPS) is 12.8. The maximum Gasteiger partial charge on any atom is 0.307 e. The average Bonchev–Trinajstić information content (AvgIpc) is 2.83. The number of anilines is 1. The molecule has 0 saturated carbocycles. The monoisotopic (exact) mass is 354 g/mol. The second kappa shape index (κ2) is 6.67. The van der Waals surface area contributed by atoms with Crippen molar-refractivity contribution in [1.82, 2.24) is 4.90 Å². The van der Waals surface area contributed by atoms with E-state index in [4.69, 9.17) is 5.11 Å². The topological polar surface area (TPSA) is 124 Å². The first-order valence-corrected chi connectivity index (χ1v) is 7.65. The van der Waals surface area contributed by atoms with E-state index in [0.29, 0.717) is 5.56 Å². The van der Waals surface area contributed by atoms with Crippen LogP contribution in [0.4, 0.5) is 5.69 Å². The molecule has 8 nitrogen and oxygen atoms in total. The first-order valence-electron chi connectivity index (χ1n) is 7.65. The van der Waals surface area contributed by atoms with Gasteiger partial charge >= 0.3 is 5.97 Å². The number of carboxylic acid groups (broad SMARTS) is 1. The fourth-order valence-corrected chi connectivity index (χ4v) is 2.68. The number of aromatic hydroxyl groups is 1. The lowest BCUT2D eigenvalue weighted by Crippen LogP contribution is -2.37. The fraction of sp³-hybridized carbons (Fsp3) is 0.111. The van der Waals surface area contributed by atoms with E-state index in [1.807, 2.05) is 0 Å². The highest BCUT2D eigenvalue weighted by molar-refractivity contribution is 6.22. The van der Waals surface area contributed by atoms with Crippen LogP contribution in [0.2, 0.25) is 0 Å². The molecule has 0 unspecified atom stereocenters. The summed E-state index contributed by atoms with van der Waals surface area (Å²) in [5.74, 6) is -3.13. The van der Waals surface area contributed by atoms with Gasteiger partial charge in [0.2, 0.25) is 5.91 Å². The molecule has 0 radical (unpaired) electrons. The van der Waals surface area contributed by atoms with Crippen LogP contribution in [-0.2, 0) is 16.0 Å². The molecule has 132 valence electrons. The lowest BCUT2D eigenvalue weighted by molar-refractivity contribution is -0.136. The summed E-state index contributed by atoms with van der Waals surface area (Å²) in [6.07, 6.45) is -0.276. The number of amides is 3.